The topological polar surface area (TPSA) is 101 Å². The molecular formula is C9H18N4O2. The predicted molar refractivity (Wildman–Crippen MR) is 56.0 cm³/mol. The van der Waals surface area contributed by atoms with Gasteiger partial charge in [-0.25, -0.2) is 4.79 Å². The lowest BCUT2D eigenvalue weighted by atomic mass is 10.0. The number of nitrogens with zero attached hydrogens (tertiary/aromatic N) is 1. The second-order valence-electron chi connectivity index (χ2n) is 3.69. The summed E-state index contributed by atoms with van der Waals surface area (Å²) in [5.74, 6) is -0.204. The van der Waals surface area contributed by atoms with Gasteiger partial charge in [-0.2, -0.15) is 0 Å². The van der Waals surface area contributed by atoms with E-state index in [4.69, 9.17) is 11.5 Å². The molecule has 6 nitrogen and oxygen atoms in total. The first-order valence-electron chi connectivity index (χ1n) is 5.18. The number of rotatable bonds is 3. The molecule has 0 bridgehead atoms. The van der Waals surface area contributed by atoms with Crippen molar-refractivity contribution in [2.75, 3.05) is 19.6 Å². The van der Waals surface area contributed by atoms with E-state index in [9.17, 15) is 9.59 Å². The van der Waals surface area contributed by atoms with E-state index in [0.29, 0.717) is 13.1 Å². The van der Waals surface area contributed by atoms with Gasteiger partial charge in [0.25, 0.3) is 0 Å². The van der Waals surface area contributed by atoms with Crippen molar-refractivity contribution >= 4 is 11.9 Å². The lowest BCUT2D eigenvalue weighted by molar-refractivity contribution is -0.120. The lowest BCUT2D eigenvalue weighted by Gasteiger charge is -2.34. The molecule has 86 valence electrons. The van der Waals surface area contributed by atoms with Crippen LogP contribution in [0.4, 0.5) is 4.79 Å². The van der Waals surface area contributed by atoms with E-state index >= 15 is 0 Å². The number of hydrogen-bond donors (Lipinski definition) is 3. The molecule has 0 saturated carbocycles. The number of nitrogens with two attached hydrogens (primary N) is 2. The number of likely N-dealkylation sites (tertiary alicyclic amines) is 1. The van der Waals surface area contributed by atoms with Crippen molar-refractivity contribution in [3.05, 3.63) is 0 Å². The summed E-state index contributed by atoms with van der Waals surface area (Å²) in [6.07, 6.45) is 2.92. The molecule has 0 radical (unpaired) electrons. The second-order valence-corrected chi connectivity index (χ2v) is 3.69. The SMILES string of the molecule is NCC(=O)NCC1CCCCN1C(N)=O. The number of piperidine rings is 1. The number of carbonyl (C=O) groups is 2. The molecule has 1 aliphatic heterocycles. The van der Waals surface area contributed by atoms with E-state index in [-0.39, 0.29) is 18.5 Å². The molecule has 1 fully saturated rings. The minimum Gasteiger partial charge on any atom is -0.353 e. The smallest absolute Gasteiger partial charge is 0.315 e. The highest BCUT2D eigenvalue weighted by Gasteiger charge is 2.24. The fraction of sp³-hybridized carbons (Fsp3) is 0.778. The summed E-state index contributed by atoms with van der Waals surface area (Å²) in [6.45, 7) is 1.10. The molecular weight excluding hydrogens is 196 g/mol. The third-order valence-corrected chi connectivity index (χ3v) is 2.63. The third kappa shape index (κ3) is 3.39. The molecule has 0 aromatic carbocycles. The van der Waals surface area contributed by atoms with E-state index in [1.165, 1.54) is 0 Å². The second kappa shape index (κ2) is 5.55. The summed E-state index contributed by atoms with van der Waals surface area (Å²) in [6, 6.07) is -0.395. The Labute approximate surface area is 89.0 Å². The first-order chi connectivity index (χ1) is 7.15. The van der Waals surface area contributed by atoms with Gasteiger partial charge in [0.2, 0.25) is 5.91 Å². The molecule has 1 aliphatic rings. The van der Waals surface area contributed by atoms with Crippen molar-refractivity contribution in [3.8, 4) is 0 Å². The van der Waals surface area contributed by atoms with Gasteiger partial charge in [-0.1, -0.05) is 0 Å². The van der Waals surface area contributed by atoms with Gasteiger partial charge in [0, 0.05) is 13.1 Å². The van der Waals surface area contributed by atoms with Crippen LogP contribution in [-0.2, 0) is 4.79 Å². The Balaban J connectivity index is 2.42. The first kappa shape index (κ1) is 11.8. The Morgan fingerprint density at radius 1 is 1.40 bits per heavy atom. The van der Waals surface area contributed by atoms with Crippen molar-refractivity contribution in [2.24, 2.45) is 11.5 Å². The van der Waals surface area contributed by atoms with Gasteiger partial charge < -0.3 is 21.7 Å². The van der Waals surface area contributed by atoms with Gasteiger partial charge in [-0.05, 0) is 19.3 Å². The van der Waals surface area contributed by atoms with Crippen LogP contribution in [0.2, 0.25) is 0 Å². The van der Waals surface area contributed by atoms with E-state index < -0.39 is 6.03 Å². The molecule has 0 aromatic heterocycles. The van der Waals surface area contributed by atoms with Crippen LogP contribution in [0.3, 0.4) is 0 Å². The highest BCUT2D eigenvalue weighted by molar-refractivity contribution is 5.78. The highest BCUT2D eigenvalue weighted by atomic mass is 16.2. The van der Waals surface area contributed by atoms with Gasteiger partial charge in [-0.3, -0.25) is 4.79 Å². The molecule has 0 aromatic rings. The third-order valence-electron chi connectivity index (χ3n) is 2.63. The van der Waals surface area contributed by atoms with Crippen molar-refractivity contribution in [1.29, 1.82) is 0 Å². The Morgan fingerprint density at radius 3 is 2.73 bits per heavy atom. The highest BCUT2D eigenvalue weighted by Crippen LogP contribution is 2.15. The average molecular weight is 214 g/mol. The van der Waals surface area contributed by atoms with Crippen molar-refractivity contribution in [2.45, 2.75) is 25.3 Å². The van der Waals surface area contributed by atoms with Crippen molar-refractivity contribution in [1.82, 2.24) is 10.2 Å². The molecule has 15 heavy (non-hydrogen) atoms. The fourth-order valence-electron chi connectivity index (χ4n) is 1.81. The average Bonchev–Trinajstić information content (AvgIpc) is 2.26. The van der Waals surface area contributed by atoms with Gasteiger partial charge in [0.1, 0.15) is 0 Å². The van der Waals surface area contributed by atoms with Crippen LogP contribution < -0.4 is 16.8 Å². The molecule has 1 saturated heterocycles. The van der Waals surface area contributed by atoms with E-state index in [1.54, 1.807) is 4.90 Å². The monoisotopic (exact) mass is 214 g/mol. The maximum atomic E-state index is 11.1. The molecule has 1 atom stereocenters. The molecule has 5 N–H and O–H groups in total. The molecule has 1 rings (SSSR count). The Kier molecular flexibility index (Phi) is 4.36. The number of primary amides is 1. The van der Waals surface area contributed by atoms with Crippen molar-refractivity contribution in [3.63, 3.8) is 0 Å². The Morgan fingerprint density at radius 2 is 2.13 bits per heavy atom. The summed E-state index contributed by atoms with van der Waals surface area (Å²) in [4.78, 5) is 23.7. The lowest BCUT2D eigenvalue weighted by Crippen LogP contribution is -2.51. The van der Waals surface area contributed by atoms with Crippen LogP contribution >= 0.6 is 0 Å². The maximum Gasteiger partial charge on any atom is 0.315 e. The molecule has 1 unspecified atom stereocenters. The minimum atomic E-state index is -0.415. The molecule has 6 heteroatoms. The quantitative estimate of drug-likeness (QED) is 0.561. The summed E-state index contributed by atoms with van der Waals surface area (Å²) in [7, 11) is 0. The summed E-state index contributed by atoms with van der Waals surface area (Å²) < 4.78 is 0. The summed E-state index contributed by atoms with van der Waals surface area (Å²) >= 11 is 0. The standard InChI is InChI=1S/C9H18N4O2/c10-5-8(14)12-6-7-3-1-2-4-13(7)9(11)15/h7H,1-6,10H2,(H2,11,15)(H,12,14). The van der Waals surface area contributed by atoms with Crippen LogP contribution in [0, 0.1) is 0 Å². The number of urea groups is 1. The largest absolute Gasteiger partial charge is 0.353 e. The zero-order valence-electron chi connectivity index (χ0n) is 8.74. The van der Waals surface area contributed by atoms with Crippen LogP contribution in [0.15, 0.2) is 0 Å². The van der Waals surface area contributed by atoms with E-state index in [0.717, 1.165) is 19.3 Å². The normalized spacial score (nSPS) is 21.1. The zero-order valence-corrected chi connectivity index (χ0v) is 8.74. The number of amides is 3. The summed E-state index contributed by atoms with van der Waals surface area (Å²) in [5.41, 5.74) is 10.4. The van der Waals surface area contributed by atoms with Crippen molar-refractivity contribution < 1.29 is 9.59 Å². The van der Waals surface area contributed by atoms with Crippen LogP contribution in [-0.4, -0.2) is 42.5 Å². The predicted octanol–water partition coefficient (Wildman–Crippen LogP) is -1.01. The Bertz CT molecular complexity index is 244. The van der Waals surface area contributed by atoms with Crippen LogP contribution in [0.25, 0.3) is 0 Å². The van der Waals surface area contributed by atoms with Gasteiger partial charge in [-0.15, -0.1) is 0 Å². The molecule has 1 heterocycles. The minimum absolute atomic E-state index is 0.0201. The van der Waals surface area contributed by atoms with E-state index in [1.807, 2.05) is 0 Å². The first-order valence-corrected chi connectivity index (χ1v) is 5.18. The maximum absolute atomic E-state index is 11.1. The van der Waals surface area contributed by atoms with Crippen LogP contribution in [0.5, 0.6) is 0 Å². The summed E-state index contributed by atoms with van der Waals surface area (Å²) in [5, 5.41) is 2.67. The molecule has 0 spiro atoms. The molecule has 0 aliphatic carbocycles. The van der Waals surface area contributed by atoms with Crippen LogP contribution in [0.1, 0.15) is 19.3 Å². The number of nitrogens with one attached hydrogen (secondary N) is 1. The van der Waals surface area contributed by atoms with Gasteiger partial charge in [0.15, 0.2) is 0 Å². The van der Waals surface area contributed by atoms with E-state index in [2.05, 4.69) is 5.32 Å². The fourth-order valence-corrected chi connectivity index (χ4v) is 1.81. The van der Waals surface area contributed by atoms with Gasteiger partial charge in [0.05, 0.1) is 12.6 Å². The zero-order chi connectivity index (χ0) is 11.3. The Hall–Kier alpha value is -1.30. The van der Waals surface area contributed by atoms with Gasteiger partial charge >= 0.3 is 6.03 Å². The number of carbonyl (C=O) groups excluding carboxylic acids is 2. The molecule has 3 amide bonds. The number of hydrogen-bond acceptors (Lipinski definition) is 3.